The number of halogens is 1. The summed E-state index contributed by atoms with van der Waals surface area (Å²) in [6.45, 7) is 0. The summed E-state index contributed by atoms with van der Waals surface area (Å²) < 4.78 is 5.20. The van der Waals surface area contributed by atoms with Crippen LogP contribution in [0.25, 0.3) is 0 Å². The van der Waals surface area contributed by atoms with E-state index in [4.69, 9.17) is 16.3 Å². The number of ether oxygens (including phenoxy) is 1. The summed E-state index contributed by atoms with van der Waals surface area (Å²) in [5.41, 5.74) is 2.45. The Balaban J connectivity index is 1.76. The van der Waals surface area contributed by atoms with Crippen molar-refractivity contribution in [2.24, 2.45) is 11.3 Å². The van der Waals surface area contributed by atoms with Crippen LogP contribution in [0.15, 0.2) is 48.1 Å². The Kier molecular flexibility index (Phi) is 4.47. The van der Waals surface area contributed by atoms with Gasteiger partial charge in [-0.15, -0.1) is 0 Å². The first-order valence-corrected chi connectivity index (χ1v) is 9.52. The molecular weight excluding hydrogens is 334 g/mol. The highest BCUT2D eigenvalue weighted by Gasteiger charge is 2.54. The van der Waals surface area contributed by atoms with Crippen molar-refractivity contribution in [3.05, 3.63) is 58.7 Å². The van der Waals surface area contributed by atoms with Crippen LogP contribution in [0.4, 0.5) is 0 Å². The molecule has 1 saturated heterocycles. The Morgan fingerprint density at radius 2 is 1.92 bits per heavy atom. The molecule has 0 bridgehead atoms. The molecule has 0 radical (unpaired) electrons. The molecule has 1 N–H and O–H groups in total. The van der Waals surface area contributed by atoms with Gasteiger partial charge in [-0.3, -0.25) is 10.1 Å². The number of hydrogen-bond acceptors (Lipinski definition) is 3. The fourth-order valence-corrected chi connectivity index (χ4v) is 5.16. The SMILES string of the molecule is COC(=O)C1NC(c2ccc(Cl)cc2)C2C=CC=C2C12CCCCC2. The highest BCUT2D eigenvalue weighted by molar-refractivity contribution is 6.30. The van der Waals surface area contributed by atoms with Crippen LogP contribution in [0, 0.1) is 11.3 Å². The van der Waals surface area contributed by atoms with Crippen LogP contribution in [0.1, 0.15) is 43.7 Å². The third-order valence-corrected chi connectivity index (χ3v) is 6.45. The number of carbonyl (C=O) groups is 1. The number of nitrogens with one attached hydrogen (secondary N) is 1. The quantitative estimate of drug-likeness (QED) is 0.787. The minimum atomic E-state index is -0.291. The Labute approximate surface area is 154 Å². The molecule has 1 heterocycles. The Morgan fingerprint density at radius 1 is 1.20 bits per heavy atom. The van der Waals surface area contributed by atoms with Gasteiger partial charge in [0.05, 0.1) is 7.11 Å². The summed E-state index contributed by atoms with van der Waals surface area (Å²) in [6, 6.07) is 7.71. The van der Waals surface area contributed by atoms with Gasteiger partial charge in [0.2, 0.25) is 0 Å². The normalized spacial score (nSPS) is 30.0. The standard InChI is InChI=1S/C21H24ClNO2/c1-25-20(24)19-21(12-3-2-4-13-21)17-7-5-6-16(17)18(23-19)14-8-10-15(22)11-9-14/h5-11,16,18-19,23H,2-4,12-13H2,1H3. The number of benzene rings is 1. The number of piperidine rings is 1. The number of esters is 1. The fraction of sp³-hybridized carbons (Fsp3) is 0.476. The van der Waals surface area contributed by atoms with Crippen LogP contribution < -0.4 is 5.32 Å². The number of hydrogen-bond donors (Lipinski definition) is 1. The van der Waals surface area contributed by atoms with Crippen molar-refractivity contribution in [3.8, 4) is 0 Å². The molecule has 1 aliphatic heterocycles. The van der Waals surface area contributed by atoms with Gasteiger partial charge in [0, 0.05) is 22.4 Å². The molecule has 4 rings (SSSR count). The maximum absolute atomic E-state index is 12.7. The lowest BCUT2D eigenvalue weighted by Crippen LogP contribution is -2.59. The molecule has 2 fully saturated rings. The predicted octanol–water partition coefficient (Wildman–Crippen LogP) is 4.59. The maximum atomic E-state index is 12.7. The highest BCUT2D eigenvalue weighted by Crippen LogP contribution is 2.55. The lowest BCUT2D eigenvalue weighted by Gasteiger charge is -2.52. The molecule has 132 valence electrons. The second-order valence-electron chi connectivity index (χ2n) is 7.40. The van der Waals surface area contributed by atoms with Crippen LogP contribution in [0.2, 0.25) is 5.02 Å². The highest BCUT2D eigenvalue weighted by atomic mass is 35.5. The van der Waals surface area contributed by atoms with Gasteiger partial charge >= 0.3 is 5.97 Å². The van der Waals surface area contributed by atoms with Crippen LogP contribution in [0.3, 0.4) is 0 Å². The van der Waals surface area contributed by atoms with Crippen molar-refractivity contribution in [2.45, 2.75) is 44.2 Å². The molecule has 4 heteroatoms. The average Bonchev–Trinajstić information content (AvgIpc) is 3.14. The van der Waals surface area contributed by atoms with E-state index in [1.807, 2.05) is 12.1 Å². The summed E-state index contributed by atoms with van der Waals surface area (Å²) in [5.74, 6) is 0.146. The first kappa shape index (κ1) is 16.9. The van der Waals surface area contributed by atoms with Crippen molar-refractivity contribution >= 4 is 17.6 Å². The van der Waals surface area contributed by atoms with Crippen LogP contribution in [-0.4, -0.2) is 19.1 Å². The van der Waals surface area contributed by atoms with Crippen molar-refractivity contribution < 1.29 is 9.53 Å². The summed E-state index contributed by atoms with van der Waals surface area (Å²) in [5, 5.41) is 4.39. The lowest BCUT2D eigenvalue weighted by molar-refractivity contribution is -0.148. The Morgan fingerprint density at radius 3 is 2.60 bits per heavy atom. The lowest BCUT2D eigenvalue weighted by atomic mass is 9.58. The van der Waals surface area contributed by atoms with Gasteiger partial charge < -0.3 is 4.74 Å². The number of allylic oxidation sites excluding steroid dienone is 2. The van der Waals surface area contributed by atoms with E-state index >= 15 is 0 Å². The first-order chi connectivity index (χ1) is 12.2. The molecule has 0 aromatic heterocycles. The molecule has 3 unspecified atom stereocenters. The fourth-order valence-electron chi connectivity index (χ4n) is 5.04. The zero-order chi connectivity index (χ0) is 17.4. The third kappa shape index (κ3) is 2.74. The maximum Gasteiger partial charge on any atom is 0.323 e. The van der Waals surface area contributed by atoms with Gasteiger partial charge in [-0.2, -0.15) is 0 Å². The van der Waals surface area contributed by atoms with E-state index in [1.54, 1.807) is 0 Å². The minimum absolute atomic E-state index is 0.0684. The van der Waals surface area contributed by atoms with Gasteiger partial charge in [-0.25, -0.2) is 0 Å². The monoisotopic (exact) mass is 357 g/mol. The van der Waals surface area contributed by atoms with Gasteiger partial charge in [-0.05, 0) is 30.5 Å². The molecular formula is C21H24ClNO2. The third-order valence-electron chi connectivity index (χ3n) is 6.20. The van der Waals surface area contributed by atoms with E-state index in [2.05, 4.69) is 35.7 Å². The van der Waals surface area contributed by atoms with E-state index in [0.29, 0.717) is 5.92 Å². The van der Waals surface area contributed by atoms with Crippen LogP contribution in [0.5, 0.6) is 0 Å². The van der Waals surface area contributed by atoms with Gasteiger partial charge in [0.25, 0.3) is 0 Å². The van der Waals surface area contributed by atoms with E-state index in [-0.39, 0.29) is 23.5 Å². The van der Waals surface area contributed by atoms with Gasteiger partial charge in [-0.1, -0.05) is 66.8 Å². The molecule has 0 amide bonds. The Bertz CT molecular complexity index is 716. The van der Waals surface area contributed by atoms with Crippen molar-refractivity contribution in [2.75, 3.05) is 7.11 Å². The number of methoxy groups -OCH3 is 1. The van der Waals surface area contributed by atoms with E-state index in [0.717, 1.165) is 23.4 Å². The first-order valence-electron chi connectivity index (χ1n) is 9.14. The van der Waals surface area contributed by atoms with Crippen LogP contribution >= 0.6 is 11.6 Å². The van der Waals surface area contributed by atoms with Gasteiger partial charge in [0.15, 0.2) is 0 Å². The molecule has 1 aromatic carbocycles. The van der Waals surface area contributed by atoms with Crippen molar-refractivity contribution in [1.29, 1.82) is 0 Å². The Hall–Kier alpha value is -1.58. The molecule has 3 nitrogen and oxygen atoms in total. The number of carbonyl (C=O) groups excluding carboxylic acids is 1. The second-order valence-corrected chi connectivity index (χ2v) is 7.84. The predicted molar refractivity (Wildman–Crippen MR) is 99.4 cm³/mol. The summed E-state index contributed by atoms with van der Waals surface area (Å²) >= 11 is 6.06. The largest absolute Gasteiger partial charge is 0.468 e. The molecule has 3 aliphatic rings. The number of fused-ring (bicyclic) bond motifs is 2. The average molecular weight is 358 g/mol. The van der Waals surface area contributed by atoms with Crippen LogP contribution in [-0.2, 0) is 9.53 Å². The number of rotatable bonds is 2. The van der Waals surface area contributed by atoms with Crippen molar-refractivity contribution in [1.82, 2.24) is 5.32 Å². The van der Waals surface area contributed by atoms with E-state index in [9.17, 15) is 4.79 Å². The summed E-state index contributed by atoms with van der Waals surface area (Å²) in [4.78, 5) is 12.7. The smallest absolute Gasteiger partial charge is 0.323 e. The zero-order valence-corrected chi connectivity index (χ0v) is 15.3. The molecule has 3 atom stereocenters. The second kappa shape index (κ2) is 6.62. The minimum Gasteiger partial charge on any atom is -0.468 e. The zero-order valence-electron chi connectivity index (χ0n) is 14.5. The van der Waals surface area contributed by atoms with Gasteiger partial charge in [0.1, 0.15) is 6.04 Å². The van der Waals surface area contributed by atoms with Crippen molar-refractivity contribution in [3.63, 3.8) is 0 Å². The summed E-state index contributed by atoms with van der Waals surface area (Å²) in [6.07, 6.45) is 12.4. The molecule has 2 aliphatic carbocycles. The van der Waals surface area contributed by atoms with E-state index in [1.165, 1.54) is 31.9 Å². The topological polar surface area (TPSA) is 38.3 Å². The molecule has 1 aromatic rings. The summed E-state index contributed by atoms with van der Waals surface area (Å²) in [7, 11) is 1.49. The molecule has 1 saturated carbocycles. The molecule has 25 heavy (non-hydrogen) atoms. The molecule has 1 spiro atoms. The van der Waals surface area contributed by atoms with E-state index < -0.39 is 0 Å².